The maximum Gasteiger partial charge on any atom is 0.231 e. The molecule has 0 N–H and O–H groups in total. The van der Waals surface area contributed by atoms with Crippen LogP contribution in [0, 0.1) is 0 Å². The van der Waals surface area contributed by atoms with E-state index in [1.165, 1.54) is 17.5 Å². The maximum absolute atomic E-state index is 12.2. The van der Waals surface area contributed by atoms with Crippen molar-refractivity contribution in [2.24, 2.45) is 0 Å². The van der Waals surface area contributed by atoms with Crippen molar-refractivity contribution >= 4 is 28.7 Å². The van der Waals surface area contributed by atoms with Crippen LogP contribution in [0.3, 0.4) is 0 Å². The zero-order chi connectivity index (χ0) is 13.1. The lowest BCUT2D eigenvalue weighted by Crippen LogP contribution is -2.21. The van der Waals surface area contributed by atoms with E-state index in [-0.39, 0.29) is 5.78 Å². The number of likely N-dealkylation sites (N-methyl/N-ethyl adjacent to an activating group) is 1. The Kier molecular flexibility index (Phi) is 4.11. The highest BCUT2D eigenvalue weighted by Gasteiger charge is 2.20. The van der Waals surface area contributed by atoms with Gasteiger partial charge in [-0.1, -0.05) is 11.6 Å². The number of thiazole rings is 1. The first-order chi connectivity index (χ1) is 8.59. The average molecular weight is 285 g/mol. The van der Waals surface area contributed by atoms with E-state index in [0.717, 1.165) is 6.54 Å². The van der Waals surface area contributed by atoms with Crippen LogP contribution in [-0.2, 0) is 6.54 Å². The molecule has 0 unspecified atom stereocenters. The van der Waals surface area contributed by atoms with Gasteiger partial charge < -0.3 is 4.90 Å². The Bertz CT molecular complexity index is 535. The first-order valence-electron chi connectivity index (χ1n) is 5.38. The second kappa shape index (κ2) is 5.60. The largest absolute Gasteiger partial charge is 0.308 e. The highest BCUT2D eigenvalue weighted by molar-refractivity contribution is 7.07. The standard InChI is InChI=1S/C11H13ClN4OS/c1-15(2)3-4-16-10(8(12)5-14-16)11(17)9-6-18-7-13-9/h5-7H,3-4H2,1-2H3. The summed E-state index contributed by atoms with van der Waals surface area (Å²) in [6, 6.07) is 0. The summed E-state index contributed by atoms with van der Waals surface area (Å²) in [4.78, 5) is 18.3. The van der Waals surface area contributed by atoms with Gasteiger partial charge in [0.1, 0.15) is 11.4 Å². The van der Waals surface area contributed by atoms with Gasteiger partial charge >= 0.3 is 0 Å². The third-order valence-corrected chi connectivity index (χ3v) is 3.30. The molecule has 96 valence electrons. The van der Waals surface area contributed by atoms with Gasteiger partial charge in [0.2, 0.25) is 5.78 Å². The van der Waals surface area contributed by atoms with E-state index in [9.17, 15) is 4.79 Å². The molecule has 0 aliphatic carbocycles. The van der Waals surface area contributed by atoms with Gasteiger partial charge in [0, 0.05) is 11.9 Å². The van der Waals surface area contributed by atoms with Crippen molar-refractivity contribution in [3.63, 3.8) is 0 Å². The van der Waals surface area contributed by atoms with E-state index in [0.29, 0.717) is 23.0 Å². The molecule has 18 heavy (non-hydrogen) atoms. The predicted molar refractivity (Wildman–Crippen MR) is 71.3 cm³/mol. The minimum Gasteiger partial charge on any atom is -0.308 e. The molecular formula is C11H13ClN4OS. The van der Waals surface area contributed by atoms with Crippen molar-refractivity contribution in [3.05, 3.63) is 33.5 Å². The van der Waals surface area contributed by atoms with Gasteiger partial charge in [-0.3, -0.25) is 9.48 Å². The Morgan fingerprint density at radius 3 is 2.94 bits per heavy atom. The van der Waals surface area contributed by atoms with Gasteiger partial charge in [-0.15, -0.1) is 11.3 Å². The molecular weight excluding hydrogens is 272 g/mol. The molecule has 0 saturated carbocycles. The van der Waals surface area contributed by atoms with E-state index >= 15 is 0 Å². The number of hydrogen-bond donors (Lipinski definition) is 0. The van der Waals surface area contributed by atoms with Gasteiger partial charge in [0.05, 0.1) is 23.3 Å². The SMILES string of the molecule is CN(C)CCn1ncc(Cl)c1C(=O)c1cscn1. The van der Waals surface area contributed by atoms with Crippen LogP contribution >= 0.6 is 22.9 Å². The summed E-state index contributed by atoms with van der Waals surface area (Å²) in [7, 11) is 3.93. The minimum absolute atomic E-state index is 0.183. The number of halogens is 1. The molecule has 0 spiro atoms. The van der Waals surface area contributed by atoms with Crippen molar-refractivity contribution in [2.75, 3.05) is 20.6 Å². The van der Waals surface area contributed by atoms with Crippen LogP contribution in [0.5, 0.6) is 0 Å². The smallest absolute Gasteiger partial charge is 0.231 e. The summed E-state index contributed by atoms with van der Waals surface area (Å²) < 4.78 is 1.63. The Labute approximate surface area is 114 Å². The average Bonchev–Trinajstić information content (AvgIpc) is 2.94. The fourth-order valence-electron chi connectivity index (χ4n) is 1.50. The molecule has 2 aromatic rings. The van der Waals surface area contributed by atoms with Crippen LogP contribution in [0.1, 0.15) is 16.2 Å². The molecule has 0 bridgehead atoms. The lowest BCUT2D eigenvalue weighted by Gasteiger charge is -2.11. The summed E-state index contributed by atoms with van der Waals surface area (Å²) in [5, 5.41) is 6.21. The molecule has 7 heteroatoms. The maximum atomic E-state index is 12.2. The second-order valence-corrected chi connectivity index (χ2v) is 5.20. The quantitative estimate of drug-likeness (QED) is 0.786. The number of nitrogens with zero attached hydrogens (tertiary/aromatic N) is 4. The van der Waals surface area contributed by atoms with Crippen LogP contribution in [0.25, 0.3) is 0 Å². The van der Waals surface area contributed by atoms with Crippen LogP contribution in [-0.4, -0.2) is 46.1 Å². The molecule has 0 aliphatic heterocycles. The molecule has 0 amide bonds. The summed E-state index contributed by atoms with van der Waals surface area (Å²) in [5.74, 6) is -0.183. The molecule has 0 radical (unpaired) electrons. The Hall–Kier alpha value is -1.24. The molecule has 0 aromatic carbocycles. The Morgan fingerprint density at radius 2 is 2.33 bits per heavy atom. The lowest BCUT2D eigenvalue weighted by molar-refractivity contribution is 0.102. The first kappa shape index (κ1) is 13.2. The van der Waals surface area contributed by atoms with Crippen LogP contribution in [0.4, 0.5) is 0 Å². The zero-order valence-corrected chi connectivity index (χ0v) is 11.7. The van der Waals surface area contributed by atoms with Crippen molar-refractivity contribution in [1.82, 2.24) is 19.7 Å². The van der Waals surface area contributed by atoms with E-state index in [4.69, 9.17) is 11.6 Å². The van der Waals surface area contributed by atoms with Gasteiger partial charge in [-0.05, 0) is 14.1 Å². The van der Waals surface area contributed by atoms with E-state index in [1.807, 2.05) is 19.0 Å². The van der Waals surface area contributed by atoms with Crippen molar-refractivity contribution < 1.29 is 4.79 Å². The van der Waals surface area contributed by atoms with E-state index in [1.54, 1.807) is 15.6 Å². The van der Waals surface area contributed by atoms with Crippen LogP contribution in [0.15, 0.2) is 17.1 Å². The number of carbonyl (C=O) groups excluding carboxylic acids is 1. The molecule has 0 saturated heterocycles. The predicted octanol–water partition coefficient (Wildman–Crippen LogP) is 1.79. The van der Waals surface area contributed by atoms with Gasteiger partial charge in [-0.25, -0.2) is 4.98 Å². The summed E-state index contributed by atoms with van der Waals surface area (Å²) in [6.07, 6.45) is 1.50. The normalized spacial score (nSPS) is 11.1. The number of rotatable bonds is 5. The van der Waals surface area contributed by atoms with E-state index in [2.05, 4.69) is 10.1 Å². The fraction of sp³-hybridized carbons (Fsp3) is 0.364. The van der Waals surface area contributed by atoms with Crippen LogP contribution in [0.2, 0.25) is 5.02 Å². The van der Waals surface area contributed by atoms with Crippen molar-refractivity contribution in [1.29, 1.82) is 0 Å². The number of hydrogen-bond acceptors (Lipinski definition) is 5. The molecule has 2 aromatic heterocycles. The van der Waals surface area contributed by atoms with Gasteiger partial charge in [0.25, 0.3) is 0 Å². The fourth-order valence-corrected chi connectivity index (χ4v) is 2.26. The number of carbonyl (C=O) groups is 1. The van der Waals surface area contributed by atoms with Crippen molar-refractivity contribution in [2.45, 2.75) is 6.54 Å². The third kappa shape index (κ3) is 2.77. The third-order valence-electron chi connectivity index (χ3n) is 2.43. The molecule has 2 rings (SSSR count). The Morgan fingerprint density at radius 1 is 1.56 bits per heavy atom. The highest BCUT2D eigenvalue weighted by atomic mass is 35.5. The van der Waals surface area contributed by atoms with Gasteiger partial charge in [-0.2, -0.15) is 5.10 Å². The van der Waals surface area contributed by atoms with Gasteiger partial charge in [0.15, 0.2) is 0 Å². The second-order valence-electron chi connectivity index (χ2n) is 4.07. The molecule has 5 nitrogen and oxygen atoms in total. The molecule has 2 heterocycles. The molecule has 0 aliphatic rings. The summed E-state index contributed by atoms with van der Waals surface area (Å²) in [5.41, 5.74) is 2.44. The first-order valence-corrected chi connectivity index (χ1v) is 6.70. The Balaban J connectivity index is 2.26. The summed E-state index contributed by atoms with van der Waals surface area (Å²) >= 11 is 7.41. The lowest BCUT2D eigenvalue weighted by atomic mass is 10.2. The van der Waals surface area contributed by atoms with Crippen LogP contribution < -0.4 is 0 Å². The minimum atomic E-state index is -0.183. The molecule has 0 atom stereocenters. The monoisotopic (exact) mass is 284 g/mol. The zero-order valence-electron chi connectivity index (χ0n) is 10.1. The highest BCUT2D eigenvalue weighted by Crippen LogP contribution is 2.19. The number of ketones is 1. The topological polar surface area (TPSA) is 51.0 Å². The number of aromatic nitrogens is 3. The van der Waals surface area contributed by atoms with E-state index < -0.39 is 0 Å². The molecule has 0 fully saturated rings. The summed E-state index contributed by atoms with van der Waals surface area (Å²) in [6.45, 7) is 1.40. The van der Waals surface area contributed by atoms with Crippen molar-refractivity contribution in [3.8, 4) is 0 Å².